The second kappa shape index (κ2) is 3.76. The van der Waals surface area contributed by atoms with E-state index >= 15 is 0 Å². The highest BCUT2D eigenvalue weighted by Crippen LogP contribution is 2.22. The first-order chi connectivity index (χ1) is 7.56. The summed E-state index contributed by atoms with van der Waals surface area (Å²) in [6, 6.07) is 3.82. The average Bonchev–Trinajstić information content (AvgIpc) is 2.56. The third-order valence-corrected chi connectivity index (χ3v) is 1.81. The zero-order valence-corrected chi connectivity index (χ0v) is 7.68. The van der Waals surface area contributed by atoms with Gasteiger partial charge in [0, 0.05) is 0 Å². The number of fused-ring (bicyclic) bond motifs is 1. The second-order valence-electron chi connectivity index (χ2n) is 2.85. The zero-order valence-electron chi connectivity index (χ0n) is 7.68. The molecule has 0 aliphatic carbocycles. The molecule has 0 aliphatic rings. The number of rotatable bonds is 3. The molecule has 0 saturated heterocycles. The summed E-state index contributed by atoms with van der Waals surface area (Å²) in [5.74, 6) is -1.14. The van der Waals surface area contributed by atoms with Crippen LogP contribution >= 0.6 is 0 Å². The van der Waals surface area contributed by atoms with Gasteiger partial charge in [-0.25, -0.2) is 4.79 Å². The Balaban J connectivity index is 2.42. The van der Waals surface area contributed by atoms with Gasteiger partial charge in [-0.3, -0.25) is 0 Å². The number of nitrogens with zero attached hydrogens (tertiary/aromatic N) is 1. The van der Waals surface area contributed by atoms with E-state index in [9.17, 15) is 13.6 Å². The van der Waals surface area contributed by atoms with E-state index in [4.69, 9.17) is 9.52 Å². The summed E-state index contributed by atoms with van der Waals surface area (Å²) < 4.78 is 32.4. The number of alkyl halides is 2. The van der Waals surface area contributed by atoms with Gasteiger partial charge in [0.1, 0.15) is 5.52 Å². The molecule has 0 bridgehead atoms. The van der Waals surface area contributed by atoms with Gasteiger partial charge in [-0.1, -0.05) is 0 Å². The highest BCUT2D eigenvalue weighted by Gasteiger charge is 2.13. The monoisotopic (exact) mass is 229 g/mol. The van der Waals surface area contributed by atoms with Gasteiger partial charge in [0.2, 0.25) is 0 Å². The van der Waals surface area contributed by atoms with E-state index in [2.05, 4.69) is 9.72 Å². The van der Waals surface area contributed by atoms with Crippen molar-refractivity contribution in [2.75, 3.05) is 0 Å². The summed E-state index contributed by atoms with van der Waals surface area (Å²) in [5, 5.41) is 8.68. The molecule has 1 aromatic carbocycles. The Morgan fingerprint density at radius 2 is 2.25 bits per heavy atom. The van der Waals surface area contributed by atoms with Crippen LogP contribution in [0.2, 0.25) is 0 Å². The van der Waals surface area contributed by atoms with Crippen molar-refractivity contribution in [2.24, 2.45) is 0 Å². The topological polar surface area (TPSA) is 72.6 Å². The molecule has 16 heavy (non-hydrogen) atoms. The van der Waals surface area contributed by atoms with Crippen molar-refractivity contribution >= 4 is 17.1 Å². The predicted molar refractivity (Wildman–Crippen MR) is 47.6 cm³/mol. The van der Waals surface area contributed by atoms with Crippen molar-refractivity contribution < 1.29 is 27.8 Å². The fourth-order valence-electron chi connectivity index (χ4n) is 1.16. The molecule has 0 saturated carbocycles. The Morgan fingerprint density at radius 3 is 2.88 bits per heavy atom. The van der Waals surface area contributed by atoms with Crippen LogP contribution in [0.5, 0.6) is 6.08 Å². The van der Waals surface area contributed by atoms with E-state index in [-0.39, 0.29) is 16.7 Å². The summed E-state index contributed by atoms with van der Waals surface area (Å²) >= 11 is 0. The fourth-order valence-corrected chi connectivity index (χ4v) is 1.16. The van der Waals surface area contributed by atoms with E-state index in [1.165, 1.54) is 18.2 Å². The van der Waals surface area contributed by atoms with Crippen LogP contribution in [0.1, 0.15) is 10.4 Å². The molecule has 5 nitrogen and oxygen atoms in total. The first kappa shape index (κ1) is 10.3. The number of benzene rings is 1. The molecule has 0 aliphatic heterocycles. The standard InChI is InChI=1S/C9H5F2NO4/c10-8(11)16-9-12-5-2-1-4(7(13)14)3-6(5)15-9/h1-3,8H,(H,13,14). The van der Waals surface area contributed by atoms with Crippen LogP contribution in [0.25, 0.3) is 11.1 Å². The molecule has 0 radical (unpaired) electrons. The molecule has 84 valence electrons. The lowest BCUT2D eigenvalue weighted by atomic mass is 10.2. The van der Waals surface area contributed by atoms with E-state index in [1.54, 1.807) is 0 Å². The number of carbonyl (C=O) groups is 1. The van der Waals surface area contributed by atoms with E-state index in [0.29, 0.717) is 0 Å². The number of aromatic carboxylic acids is 1. The van der Waals surface area contributed by atoms with Gasteiger partial charge in [-0.2, -0.15) is 13.8 Å². The van der Waals surface area contributed by atoms with E-state index < -0.39 is 18.7 Å². The smallest absolute Gasteiger partial charge is 0.399 e. The third kappa shape index (κ3) is 1.92. The molecular weight excluding hydrogens is 224 g/mol. The largest absolute Gasteiger partial charge is 0.478 e. The Labute approximate surface area is 87.3 Å². The van der Waals surface area contributed by atoms with Crippen LogP contribution in [0.15, 0.2) is 22.6 Å². The molecule has 0 fully saturated rings. The van der Waals surface area contributed by atoms with Crippen molar-refractivity contribution in [3.05, 3.63) is 23.8 Å². The molecular formula is C9H5F2NO4. The van der Waals surface area contributed by atoms with Crippen molar-refractivity contribution in [2.45, 2.75) is 6.61 Å². The number of carboxylic acids is 1. The van der Waals surface area contributed by atoms with Gasteiger partial charge in [-0.15, -0.1) is 0 Å². The molecule has 1 heterocycles. The van der Waals surface area contributed by atoms with Crippen molar-refractivity contribution in [1.29, 1.82) is 0 Å². The third-order valence-electron chi connectivity index (χ3n) is 1.81. The normalized spacial score (nSPS) is 10.9. The summed E-state index contributed by atoms with van der Waals surface area (Å²) in [6.45, 7) is -3.04. The Hall–Kier alpha value is -2.18. The van der Waals surface area contributed by atoms with Crippen LogP contribution < -0.4 is 4.74 Å². The highest BCUT2D eigenvalue weighted by molar-refractivity contribution is 5.91. The Kier molecular flexibility index (Phi) is 2.43. The lowest BCUT2D eigenvalue weighted by Crippen LogP contribution is -2.01. The predicted octanol–water partition coefficient (Wildman–Crippen LogP) is 2.13. The summed E-state index contributed by atoms with van der Waals surface area (Å²) in [5.41, 5.74) is 0.309. The SMILES string of the molecule is O=C(O)c1ccc2nc(OC(F)F)oc2c1. The lowest BCUT2D eigenvalue weighted by Gasteiger charge is -1.94. The minimum absolute atomic E-state index is 0.0211. The van der Waals surface area contributed by atoms with Crippen molar-refractivity contribution in [3.8, 4) is 6.08 Å². The molecule has 2 aromatic rings. The van der Waals surface area contributed by atoms with Crippen LogP contribution in [-0.2, 0) is 0 Å². The number of aromatic nitrogens is 1. The number of oxazole rings is 1. The number of carboxylic acid groups (broad SMARTS) is 1. The highest BCUT2D eigenvalue weighted by atomic mass is 19.3. The summed E-state index contributed by atoms with van der Waals surface area (Å²) in [6.07, 6.45) is -0.590. The van der Waals surface area contributed by atoms with Crippen LogP contribution in [-0.4, -0.2) is 22.7 Å². The van der Waals surface area contributed by atoms with Crippen LogP contribution in [0, 0.1) is 0 Å². The number of hydrogen-bond donors (Lipinski definition) is 1. The maximum absolute atomic E-state index is 11.8. The maximum Gasteiger partial charge on any atom is 0.399 e. The Bertz CT molecular complexity index is 537. The molecule has 1 aromatic heterocycles. The van der Waals surface area contributed by atoms with E-state index in [1.807, 2.05) is 0 Å². The van der Waals surface area contributed by atoms with Crippen molar-refractivity contribution in [1.82, 2.24) is 4.98 Å². The average molecular weight is 229 g/mol. The second-order valence-corrected chi connectivity index (χ2v) is 2.85. The molecule has 0 amide bonds. The number of hydrogen-bond acceptors (Lipinski definition) is 4. The van der Waals surface area contributed by atoms with E-state index in [0.717, 1.165) is 0 Å². The van der Waals surface area contributed by atoms with Crippen LogP contribution in [0.4, 0.5) is 8.78 Å². The van der Waals surface area contributed by atoms with Gasteiger partial charge in [0.15, 0.2) is 5.58 Å². The maximum atomic E-state index is 11.8. The molecule has 2 rings (SSSR count). The first-order valence-corrected chi connectivity index (χ1v) is 4.15. The minimum atomic E-state index is -3.04. The van der Waals surface area contributed by atoms with Crippen LogP contribution in [0.3, 0.4) is 0 Å². The van der Waals surface area contributed by atoms with Crippen molar-refractivity contribution in [3.63, 3.8) is 0 Å². The summed E-state index contributed by atoms with van der Waals surface area (Å²) in [4.78, 5) is 14.2. The van der Waals surface area contributed by atoms with Gasteiger partial charge in [-0.05, 0) is 18.2 Å². The molecule has 1 N–H and O–H groups in total. The molecule has 7 heteroatoms. The molecule has 0 spiro atoms. The molecule has 0 atom stereocenters. The number of halogens is 2. The van der Waals surface area contributed by atoms with Gasteiger partial charge in [0.25, 0.3) is 0 Å². The van der Waals surface area contributed by atoms with Gasteiger partial charge >= 0.3 is 18.7 Å². The van der Waals surface area contributed by atoms with Gasteiger partial charge in [0.05, 0.1) is 5.56 Å². The minimum Gasteiger partial charge on any atom is -0.478 e. The number of ether oxygens (including phenoxy) is 1. The molecule has 0 unspecified atom stereocenters. The first-order valence-electron chi connectivity index (χ1n) is 4.15. The zero-order chi connectivity index (χ0) is 11.7. The lowest BCUT2D eigenvalue weighted by molar-refractivity contribution is -0.0664. The summed E-state index contributed by atoms with van der Waals surface area (Å²) in [7, 11) is 0. The quantitative estimate of drug-likeness (QED) is 0.872. The fraction of sp³-hybridized carbons (Fsp3) is 0.111. The Morgan fingerprint density at radius 1 is 1.50 bits per heavy atom. The van der Waals surface area contributed by atoms with Gasteiger partial charge < -0.3 is 14.3 Å².